The van der Waals surface area contributed by atoms with E-state index < -0.39 is 0 Å². The molecule has 1 atom stereocenters. The third-order valence-corrected chi connectivity index (χ3v) is 4.42. The van der Waals surface area contributed by atoms with Crippen LogP contribution >= 0.6 is 0 Å². The summed E-state index contributed by atoms with van der Waals surface area (Å²) in [6.45, 7) is 10.2. The van der Waals surface area contributed by atoms with E-state index in [-0.39, 0.29) is 5.91 Å². The minimum atomic E-state index is 0.167. The van der Waals surface area contributed by atoms with Gasteiger partial charge >= 0.3 is 0 Å². The maximum atomic E-state index is 12.0. The zero-order valence-corrected chi connectivity index (χ0v) is 13.0. The van der Waals surface area contributed by atoms with Crippen molar-refractivity contribution in [2.75, 3.05) is 19.6 Å². The van der Waals surface area contributed by atoms with E-state index in [0.29, 0.717) is 12.5 Å². The van der Waals surface area contributed by atoms with Crippen molar-refractivity contribution >= 4 is 5.91 Å². The van der Waals surface area contributed by atoms with E-state index in [1.54, 1.807) is 0 Å². The van der Waals surface area contributed by atoms with Gasteiger partial charge in [-0.15, -0.1) is 0 Å². The predicted octanol–water partition coefficient (Wildman–Crippen LogP) is 2.10. The van der Waals surface area contributed by atoms with Crippen LogP contribution in [0, 0.1) is 13.8 Å². The molecule has 0 saturated carbocycles. The zero-order chi connectivity index (χ0) is 14.5. The molecule has 1 saturated heterocycles. The van der Waals surface area contributed by atoms with Crippen LogP contribution in [-0.2, 0) is 11.3 Å². The van der Waals surface area contributed by atoms with E-state index in [0.717, 1.165) is 19.6 Å². The fourth-order valence-corrected chi connectivity index (χ4v) is 3.13. The van der Waals surface area contributed by atoms with Gasteiger partial charge in [0.25, 0.3) is 0 Å². The van der Waals surface area contributed by atoms with Crippen molar-refractivity contribution in [1.82, 2.24) is 14.8 Å². The average Bonchev–Trinajstić information content (AvgIpc) is 3.01. The molecule has 0 spiro atoms. The Morgan fingerprint density at radius 2 is 2.05 bits per heavy atom. The number of nitrogens with zero attached hydrogens (tertiary/aromatic N) is 2. The molecule has 112 valence electrons. The molecule has 2 heterocycles. The van der Waals surface area contributed by atoms with Crippen LogP contribution < -0.4 is 5.32 Å². The van der Waals surface area contributed by atoms with Gasteiger partial charge in [0.2, 0.25) is 5.91 Å². The first-order chi connectivity index (χ1) is 9.61. The first-order valence-electron chi connectivity index (χ1n) is 7.75. The number of hydrogen-bond donors (Lipinski definition) is 1. The van der Waals surface area contributed by atoms with Crippen LogP contribution in [0.1, 0.15) is 37.6 Å². The van der Waals surface area contributed by atoms with E-state index >= 15 is 0 Å². The van der Waals surface area contributed by atoms with Gasteiger partial charge in [-0.05, 0) is 51.9 Å². The second kappa shape index (κ2) is 6.93. The molecule has 1 aromatic heterocycles. The summed E-state index contributed by atoms with van der Waals surface area (Å²) >= 11 is 0. The van der Waals surface area contributed by atoms with Crippen LogP contribution in [-0.4, -0.2) is 41.1 Å². The highest BCUT2D eigenvalue weighted by Gasteiger charge is 2.22. The second-order valence-electron chi connectivity index (χ2n) is 5.75. The van der Waals surface area contributed by atoms with Gasteiger partial charge in [-0.2, -0.15) is 0 Å². The van der Waals surface area contributed by atoms with Gasteiger partial charge in [0.1, 0.15) is 0 Å². The van der Waals surface area contributed by atoms with Gasteiger partial charge in [0, 0.05) is 36.9 Å². The van der Waals surface area contributed by atoms with E-state index in [1.165, 1.54) is 30.8 Å². The normalized spacial score (nSPS) is 19.4. The standard InChI is InChI=1S/C16H27N3O/c1-4-18-10-5-6-15(18)12-17-16(20)9-11-19-13(2)7-8-14(19)3/h7-8,15H,4-6,9-12H2,1-3H3,(H,17,20). The van der Waals surface area contributed by atoms with Crippen molar-refractivity contribution in [1.29, 1.82) is 0 Å². The molecule has 1 aliphatic heterocycles. The molecule has 1 unspecified atom stereocenters. The molecule has 0 radical (unpaired) electrons. The van der Waals surface area contributed by atoms with E-state index in [2.05, 4.69) is 47.7 Å². The first kappa shape index (κ1) is 15.1. The fraction of sp³-hybridized carbons (Fsp3) is 0.688. The van der Waals surface area contributed by atoms with Gasteiger partial charge < -0.3 is 9.88 Å². The molecule has 1 fully saturated rings. The number of carbonyl (C=O) groups is 1. The molecule has 1 aromatic rings. The Balaban J connectivity index is 1.73. The van der Waals surface area contributed by atoms with Crippen molar-refractivity contribution in [3.8, 4) is 0 Å². The van der Waals surface area contributed by atoms with Crippen LogP contribution in [0.3, 0.4) is 0 Å². The summed E-state index contributed by atoms with van der Waals surface area (Å²) in [5.74, 6) is 0.167. The number of likely N-dealkylation sites (tertiary alicyclic amines) is 1. The van der Waals surface area contributed by atoms with Gasteiger partial charge in [-0.3, -0.25) is 9.69 Å². The minimum Gasteiger partial charge on any atom is -0.354 e. The van der Waals surface area contributed by atoms with E-state index in [4.69, 9.17) is 0 Å². The van der Waals surface area contributed by atoms with Crippen LogP contribution in [0.2, 0.25) is 0 Å². The van der Waals surface area contributed by atoms with Crippen molar-refractivity contribution in [2.24, 2.45) is 0 Å². The molecular weight excluding hydrogens is 250 g/mol. The minimum absolute atomic E-state index is 0.167. The van der Waals surface area contributed by atoms with Gasteiger partial charge in [-0.25, -0.2) is 0 Å². The van der Waals surface area contributed by atoms with Gasteiger partial charge in [0.15, 0.2) is 0 Å². The lowest BCUT2D eigenvalue weighted by molar-refractivity contribution is -0.121. The van der Waals surface area contributed by atoms with Crippen molar-refractivity contribution in [2.45, 2.75) is 52.6 Å². The number of amides is 1. The number of aromatic nitrogens is 1. The van der Waals surface area contributed by atoms with Crippen LogP contribution in [0.5, 0.6) is 0 Å². The largest absolute Gasteiger partial charge is 0.354 e. The molecule has 0 aromatic carbocycles. The summed E-state index contributed by atoms with van der Waals surface area (Å²) in [5, 5.41) is 3.10. The quantitative estimate of drug-likeness (QED) is 0.864. The third-order valence-electron chi connectivity index (χ3n) is 4.42. The van der Waals surface area contributed by atoms with E-state index in [1.807, 2.05) is 0 Å². The molecule has 20 heavy (non-hydrogen) atoms. The number of rotatable bonds is 6. The predicted molar refractivity (Wildman–Crippen MR) is 81.8 cm³/mol. The lowest BCUT2D eigenvalue weighted by Gasteiger charge is -2.23. The Labute approximate surface area is 122 Å². The van der Waals surface area contributed by atoms with Crippen molar-refractivity contribution in [3.63, 3.8) is 0 Å². The Hall–Kier alpha value is -1.29. The number of nitrogens with one attached hydrogen (secondary N) is 1. The molecule has 1 amide bonds. The summed E-state index contributed by atoms with van der Waals surface area (Å²) in [6, 6.07) is 4.74. The van der Waals surface area contributed by atoms with Crippen molar-refractivity contribution in [3.05, 3.63) is 23.5 Å². The third kappa shape index (κ3) is 3.63. The Morgan fingerprint density at radius 1 is 1.35 bits per heavy atom. The zero-order valence-electron chi connectivity index (χ0n) is 13.0. The maximum Gasteiger partial charge on any atom is 0.221 e. The summed E-state index contributed by atoms with van der Waals surface area (Å²) in [5.41, 5.74) is 2.45. The molecule has 2 rings (SSSR count). The molecule has 4 heteroatoms. The molecule has 1 aliphatic rings. The van der Waals surface area contributed by atoms with Crippen LogP contribution in [0.4, 0.5) is 0 Å². The highest BCUT2D eigenvalue weighted by atomic mass is 16.1. The Kier molecular flexibility index (Phi) is 5.24. The van der Waals surface area contributed by atoms with Crippen LogP contribution in [0.15, 0.2) is 12.1 Å². The smallest absolute Gasteiger partial charge is 0.221 e. The van der Waals surface area contributed by atoms with Gasteiger partial charge in [-0.1, -0.05) is 6.92 Å². The lowest BCUT2D eigenvalue weighted by atomic mass is 10.2. The number of hydrogen-bond acceptors (Lipinski definition) is 2. The maximum absolute atomic E-state index is 12.0. The van der Waals surface area contributed by atoms with Gasteiger partial charge in [0.05, 0.1) is 0 Å². The molecule has 0 bridgehead atoms. The summed E-state index contributed by atoms with van der Waals surface area (Å²) in [7, 11) is 0. The topological polar surface area (TPSA) is 37.3 Å². The average molecular weight is 277 g/mol. The monoisotopic (exact) mass is 277 g/mol. The Morgan fingerprint density at radius 3 is 2.70 bits per heavy atom. The Bertz CT molecular complexity index is 433. The fourth-order valence-electron chi connectivity index (χ4n) is 3.13. The second-order valence-corrected chi connectivity index (χ2v) is 5.75. The highest BCUT2D eigenvalue weighted by Crippen LogP contribution is 2.15. The molecule has 0 aliphatic carbocycles. The SMILES string of the molecule is CCN1CCCC1CNC(=O)CCn1c(C)ccc1C. The first-order valence-corrected chi connectivity index (χ1v) is 7.75. The molecule has 1 N–H and O–H groups in total. The molecular formula is C16H27N3O. The number of aryl methyl sites for hydroxylation is 2. The number of likely N-dealkylation sites (N-methyl/N-ethyl adjacent to an activating group) is 1. The summed E-state index contributed by atoms with van der Waals surface area (Å²) in [4.78, 5) is 14.4. The lowest BCUT2D eigenvalue weighted by Crippen LogP contribution is -2.40. The van der Waals surface area contributed by atoms with Crippen LogP contribution in [0.25, 0.3) is 0 Å². The summed E-state index contributed by atoms with van der Waals surface area (Å²) in [6.07, 6.45) is 3.04. The summed E-state index contributed by atoms with van der Waals surface area (Å²) < 4.78 is 2.20. The molecule has 4 nitrogen and oxygen atoms in total. The van der Waals surface area contributed by atoms with Crippen molar-refractivity contribution < 1.29 is 4.79 Å². The van der Waals surface area contributed by atoms with E-state index in [9.17, 15) is 4.79 Å². The highest BCUT2D eigenvalue weighted by molar-refractivity contribution is 5.75. The number of carbonyl (C=O) groups excluding carboxylic acids is 1.